The molecule has 0 aliphatic carbocycles. The predicted molar refractivity (Wildman–Crippen MR) is 109 cm³/mol. The van der Waals surface area contributed by atoms with E-state index in [1.807, 2.05) is 13.0 Å². The van der Waals surface area contributed by atoms with Gasteiger partial charge in [-0.2, -0.15) is 0 Å². The van der Waals surface area contributed by atoms with Crippen LogP contribution in [-0.2, 0) is 17.9 Å². The van der Waals surface area contributed by atoms with Gasteiger partial charge < -0.3 is 11.1 Å². The van der Waals surface area contributed by atoms with E-state index in [1.165, 1.54) is 37.1 Å². The van der Waals surface area contributed by atoms with Gasteiger partial charge in [0.2, 0.25) is 5.91 Å². The molecule has 1 fully saturated rings. The Morgan fingerprint density at radius 2 is 1.84 bits per heavy atom. The first-order valence-corrected chi connectivity index (χ1v) is 8.86. The Labute approximate surface area is 164 Å². The number of halogens is 2. The van der Waals surface area contributed by atoms with E-state index in [-0.39, 0.29) is 36.8 Å². The Hall–Kier alpha value is -0.810. The van der Waals surface area contributed by atoms with Crippen LogP contribution in [0.1, 0.15) is 50.7 Å². The van der Waals surface area contributed by atoms with Crippen molar-refractivity contribution >= 4 is 30.7 Å². The van der Waals surface area contributed by atoms with Crippen LogP contribution in [0, 0.1) is 5.92 Å². The summed E-state index contributed by atoms with van der Waals surface area (Å²) < 4.78 is 0. The number of piperidine rings is 1. The van der Waals surface area contributed by atoms with E-state index in [0.29, 0.717) is 13.0 Å². The fourth-order valence-electron chi connectivity index (χ4n) is 2.99. The topological polar surface area (TPSA) is 58.4 Å². The molecule has 144 valence electrons. The lowest BCUT2D eigenvalue weighted by molar-refractivity contribution is -0.121. The van der Waals surface area contributed by atoms with Gasteiger partial charge in [-0.3, -0.25) is 9.69 Å². The first kappa shape index (κ1) is 24.2. The average Bonchev–Trinajstić information content (AvgIpc) is 2.54. The van der Waals surface area contributed by atoms with Crippen molar-refractivity contribution in [2.45, 2.75) is 58.7 Å². The molecule has 0 saturated carbocycles. The van der Waals surface area contributed by atoms with E-state index in [1.54, 1.807) is 0 Å². The Kier molecular flexibility index (Phi) is 12.1. The van der Waals surface area contributed by atoms with Crippen molar-refractivity contribution in [3.05, 3.63) is 35.4 Å². The molecule has 2 rings (SSSR count). The van der Waals surface area contributed by atoms with Gasteiger partial charge in [0.25, 0.3) is 0 Å². The van der Waals surface area contributed by atoms with Crippen LogP contribution in [-0.4, -0.2) is 29.9 Å². The smallest absolute Gasteiger partial charge is 0.220 e. The quantitative estimate of drug-likeness (QED) is 0.749. The zero-order chi connectivity index (χ0) is 16.7. The van der Waals surface area contributed by atoms with E-state index in [4.69, 9.17) is 5.73 Å². The molecule has 1 unspecified atom stereocenters. The molecular formula is C19H33Cl2N3O. The minimum atomic E-state index is 0. The molecule has 1 aliphatic heterocycles. The second-order valence-electron chi connectivity index (χ2n) is 7.02. The highest BCUT2D eigenvalue weighted by Crippen LogP contribution is 2.19. The minimum Gasteiger partial charge on any atom is -0.352 e. The molecule has 0 radical (unpaired) electrons. The van der Waals surface area contributed by atoms with E-state index in [0.717, 1.165) is 18.9 Å². The summed E-state index contributed by atoms with van der Waals surface area (Å²) in [5.74, 6) is 0.939. The molecular weight excluding hydrogens is 357 g/mol. The number of carbonyl (C=O) groups excluding carboxylic acids is 1. The molecule has 1 aliphatic rings. The van der Waals surface area contributed by atoms with E-state index < -0.39 is 0 Å². The van der Waals surface area contributed by atoms with Gasteiger partial charge in [-0.05, 0) is 56.3 Å². The summed E-state index contributed by atoms with van der Waals surface area (Å²) in [5.41, 5.74) is 8.25. The summed E-state index contributed by atoms with van der Waals surface area (Å²) in [4.78, 5) is 14.4. The molecule has 1 saturated heterocycles. The first-order chi connectivity index (χ1) is 11.0. The number of nitrogens with zero attached hydrogens (tertiary/aromatic N) is 1. The summed E-state index contributed by atoms with van der Waals surface area (Å²) in [6, 6.07) is 8.51. The number of benzene rings is 1. The van der Waals surface area contributed by atoms with E-state index in [9.17, 15) is 4.79 Å². The molecule has 25 heavy (non-hydrogen) atoms. The van der Waals surface area contributed by atoms with Crippen molar-refractivity contribution in [2.24, 2.45) is 11.7 Å². The summed E-state index contributed by atoms with van der Waals surface area (Å²) in [6.45, 7) is 8.22. The van der Waals surface area contributed by atoms with Crippen molar-refractivity contribution in [1.29, 1.82) is 0 Å². The zero-order valence-electron chi connectivity index (χ0n) is 15.4. The molecule has 1 heterocycles. The van der Waals surface area contributed by atoms with Crippen LogP contribution in [0.2, 0.25) is 0 Å². The molecule has 1 amide bonds. The maximum atomic E-state index is 11.9. The van der Waals surface area contributed by atoms with Gasteiger partial charge in [0, 0.05) is 25.6 Å². The number of nitrogens with one attached hydrogen (secondary N) is 1. The Morgan fingerprint density at radius 3 is 2.44 bits per heavy atom. The third-order valence-corrected chi connectivity index (χ3v) is 4.69. The van der Waals surface area contributed by atoms with Gasteiger partial charge in [0.05, 0.1) is 0 Å². The van der Waals surface area contributed by atoms with Crippen LogP contribution in [0.5, 0.6) is 0 Å². The fourth-order valence-corrected chi connectivity index (χ4v) is 2.99. The van der Waals surface area contributed by atoms with Crippen LogP contribution in [0.4, 0.5) is 0 Å². The molecule has 4 nitrogen and oxygen atoms in total. The van der Waals surface area contributed by atoms with Crippen LogP contribution in [0.15, 0.2) is 24.3 Å². The van der Waals surface area contributed by atoms with Gasteiger partial charge in [-0.15, -0.1) is 24.8 Å². The molecule has 0 spiro atoms. The number of amides is 1. The zero-order valence-corrected chi connectivity index (χ0v) is 17.0. The SMILES string of the molecule is CC(N)CCC(=O)NCc1ccccc1CN1CCC(C)CC1.Cl.Cl. The highest BCUT2D eigenvalue weighted by atomic mass is 35.5. The highest BCUT2D eigenvalue weighted by Gasteiger charge is 2.16. The monoisotopic (exact) mass is 389 g/mol. The maximum absolute atomic E-state index is 11.9. The van der Waals surface area contributed by atoms with Crippen LogP contribution in [0.25, 0.3) is 0 Å². The predicted octanol–water partition coefficient (Wildman–Crippen LogP) is 3.51. The molecule has 1 aromatic rings. The van der Waals surface area contributed by atoms with Gasteiger partial charge in [0.1, 0.15) is 0 Å². The minimum absolute atomic E-state index is 0. The molecule has 3 N–H and O–H groups in total. The standard InChI is InChI=1S/C19H31N3O.2ClH/c1-15-9-11-22(12-10-15)14-18-6-4-3-5-17(18)13-21-19(23)8-7-16(2)20;;/h3-6,15-16H,7-14,20H2,1-2H3,(H,21,23);2*1H. The van der Waals surface area contributed by atoms with Crippen molar-refractivity contribution in [2.75, 3.05) is 13.1 Å². The highest BCUT2D eigenvalue weighted by molar-refractivity contribution is 5.85. The molecule has 0 aromatic heterocycles. The Bertz CT molecular complexity index is 503. The third-order valence-electron chi connectivity index (χ3n) is 4.69. The van der Waals surface area contributed by atoms with Gasteiger partial charge >= 0.3 is 0 Å². The number of hydrogen-bond acceptors (Lipinski definition) is 3. The van der Waals surface area contributed by atoms with E-state index in [2.05, 4.69) is 35.3 Å². The number of likely N-dealkylation sites (tertiary alicyclic amines) is 1. The lowest BCUT2D eigenvalue weighted by atomic mass is 9.98. The van der Waals surface area contributed by atoms with Crippen molar-refractivity contribution in [3.63, 3.8) is 0 Å². The largest absolute Gasteiger partial charge is 0.352 e. The number of rotatable bonds is 7. The number of carbonyl (C=O) groups is 1. The number of nitrogens with two attached hydrogens (primary N) is 1. The van der Waals surface area contributed by atoms with Crippen LogP contribution < -0.4 is 11.1 Å². The lowest BCUT2D eigenvalue weighted by Crippen LogP contribution is -2.33. The van der Waals surface area contributed by atoms with Gasteiger partial charge in [-0.25, -0.2) is 0 Å². The number of hydrogen-bond donors (Lipinski definition) is 2. The molecule has 6 heteroatoms. The molecule has 1 atom stereocenters. The maximum Gasteiger partial charge on any atom is 0.220 e. The normalized spacial score (nSPS) is 16.4. The van der Waals surface area contributed by atoms with Gasteiger partial charge in [-0.1, -0.05) is 31.2 Å². The van der Waals surface area contributed by atoms with Crippen molar-refractivity contribution in [1.82, 2.24) is 10.2 Å². The van der Waals surface area contributed by atoms with Crippen LogP contribution >= 0.6 is 24.8 Å². The summed E-state index contributed by atoms with van der Waals surface area (Å²) in [7, 11) is 0. The molecule has 1 aromatic carbocycles. The average molecular weight is 390 g/mol. The summed E-state index contributed by atoms with van der Waals surface area (Å²) in [5, 5.41) is 3.03. The summed E-state index contributed by atoms with van der Waals surface area (Å²) in [6.07, 6.45) is 3.82. The first-order valence-electron chi connectivity index (χ1n) is 8.86. The Balaban J connectivity index is 0.00000288. The second kappa shape index (κ2) is 12.5. The van der Waals surface area contributed by atoms with Crippen molar-refractivity contribution in [3.8, 4) is 0 Å². The lowest BCUT2D eigenvalue weighted by Gasteiger charge is -2.30. The van der Waals surface area contributed by atoms with Gasteiger partial charge in [0.15, 0.2) is 0 Å². The Morgan fingerprint density at radius 1 is 1.24 bits per heavy atom. The van der Waals surface area contributed by atoms with E-state index >= 15 is 0 Å². The fraction of sp³-hybridized carbons (Fsp3) is 0.632. The summed E-state index contributed by atoms with van der Waals surface area (Å²) >= 11 is 0. The second-order valence-corrected chi connectivity index (χ2v) is 7.02. The van der Waals surface area contributed by atoms with Crippen LogP contribution in [0.3, 0.4) is 0 Å². The third kappa shape index (κ3) is 8.91. The van der Waals surface area contributed by atoms with Crippen molar-refractivity contribution < 1.29 is 4.79 Å². The molecule has 0 bridgehead atoms.